The zero-order valence-electron chi connectivity index (χ0n) is 4.76. The van der Waals surface area contributed by atoms with Crippen molar-refractivity contribution in [3.05, 3.63) is 29.3 Å². The average Bonchev–Trinajstić information content (AvgIpc) is 1.89. The summed E-state index contributed by atoms with van der Waals surface area (Å²) in [5.74, 6) is 0. The third kappa shape index (κ3) is 1.57. The van der Waals surface area contributed by atoms with Gasteiger partial charge >= 0.3 is 0 Å². The van der Waals surface area contributed by atoms with E-state index >= 15 is 0 Å². The van der Waals surface area contributed by atoms with E-state index in [9.17, 15) is 0 Å². The Labute approximate surface area is 61.7 Å². The lowest BCUT2D eigenvalue weighted by molar-refractivity contribution is 1.68. The Morgan fingerprint density at radius 2 is 2.00 bits per heavy atom. The first-order valence-electron chi connectivity index (χ1n) is 2.56. The number of anilines is 1. The van der Waals surface area contributed by atoms with E-state index in [1.807, 2.05) is 24.3 Å². The summed E-state index contributed by atoms with van der Waals surface area (Å²) in [4.78, 5) is 0. The molecule has 0 aliphatic carbocycles. The standard InChI is InChI=1S/C6H7ClNP/c7-5-3-1-2-4-6(5)8-9/h1-4,8H,9H2. The minimum absolute atomic E-state index is 0.743. The van der Waals surface area contributed by atoms with Crippen molar-refractivity contribution in [1.82, 2.24) is 0 Å². The predicted molar refractivity (Wildman–Crippen MR) is 44.8 cm³/mol. The summed E-state index contributed by atoms with van der Waals surface area (Å²) in [7, 11) is 2.39. The number of halogens is 1. The highest BCUT2D eigenvalue weighted by Gasteiger charge is 1.91. The first kappa shape index (κ1) is 6.85. The molecule has 3 heteroatoms. The molecule has 9 heavy (non-hydrogen) atoms. The molecule has 1 aromatic carbocycles. The van der Waals surface area contributed by atoms with Gasteiger partial charge in [-0.05, 0) is 21.5 Å². The van der Waals surface area contributed by atoms with E-state index < -0.39 is 0 Å². The molecule has 1 aromatic rings. The van der Waals surface area contributed by atoms with Crippen molar-refractivity contribution in [3.8, 4) is 0 Å². The van der Waals surface area contributed by atoms with Gasteiger partial charge in [-0.1, -0.05) is 23.7 Å². The molecule has 0 saturated carbocycles. The van der Waals surface area contributed by atoms with E-state index in [1.54, 1.807) is 0 Å². The van der Waals surface area contributed by atoms with Gasteiger partial charge in [0, 0.05) is 0 Å². The summed E-state index contributed by atoms with van der Waals surface area (Å²) in [5, 5.41) is 3.62. The number of hydrogen-bond acceptors (Lipinski definition) is 1. The molecule has 1 N–H and O–H groups in total. The van der Waals surface area contributed by atoms with Crippen molar-refractivity contribution in [1.29, 1.82) is 0 Å². The van der Waals surface area contributed by atoms with Gasteiger partial charge in [0.25, 0.3) is 0 Å². The van der Waals surface area contributed by atoms with Crippen LogP contribution in [0.1, 0.15) is 0 Å². The first-order valence-corrected chi connectivity index (χ1v) is 3.51. The summed E-state index contributed by atoms with van der Waals surface area (Å²) in [6.45, 7) is 0. The topological polar surface area (TPSA) is 12.0 Å². The van der Waals surface area contributed by atoms with Crippen LogP contribution in [0.5, 0.6) is 0 Å². The maximum atomic E-state index is 5.75. The highest BCUT2D eigenvalue weighted by atomic mass is 35.5. The Hall–Kier alpha value is -0.260. The zero-order chi connectivity index (χ0) is 6.69. The SMILES string of the molecule is PNc1ccccc1Cl. The minimum atomic E-state index is 0.743. The van der Waals surface area contributed by atoms with Gasteiger partial charge in [-0.25, -0.2) is 0 Å². The molecule has 48 valence electrons. The fraction of sp³-hybridized carbons (Fsp3) is 0. The first-order chi connectivity index (χ1) is 4.34. The van der Waals surface area contributed by atoms with Gasteiger partial charge in [-0.15, -0.1) is 0 Å². The fourth-order valence-electron chi connectivity index (χ4n) is 0.578. The third-order valence-corrected chi connectivity index (χ3v) is 1.67. The Bertz CT molecular complexity index is 202. The molecule has 0 spiro atoms. The molecule has 0 fully saturated rings. The van der Waals surface area contributed by atoms with Gasteiger partial charge < -0.3 is 5.09 Å². The second kappa shape index (κ2) is 3.05. The van der Waals surface area contributed by atoms with Crippen LogP contribution in [-0.4, -0.2) is 0 Å². The van der Waals surface area contributed by atoms with Crippen LogP contribution < -0.4 is 5.09 Å². The second-order valence-electron chi connectivity index (χ2n) is 1.62. The monoisotopic (exact) mass is 159 g/mol. The van der Waals surface area contributed by atoms with E-state index in [-0.39, 0.29) is 0 Å². The Balaban J connectivity index is 3.01. The second-order valence-corrected chi connectivity index (χ2v) is 2.32. The summed E-state index contributed by atoms with van der Waals surface area (Å²) in [5.41, 5.74) is 0.934. The number of rotatable bonds is 1. The van der Waals surface area contributed by atoms with E-state index in [1.165, 1.54) is 0 Å². The highest BCUT2D eigenvalue weighted by molar-refractivity contribution is 7.18. The van der Waals surface area contributed by atoms with Crippen LogP contribution >= 0.6 is 21.0 Å². The van der Waals surface area contributed by atoms with Gasteiger partial charge in [0.15, 0.2) is 0 Å². The van der Waals surface area contributed by atoms with Crippen molar-refractivity contribution in [2.24, 2.45) is 0 Å². The molecule has 0 aliphatic rings. The lowest BCUT2D eigenvalue weighted by Crippen LogP contribution is -1.77. The van der Waals surface area contributed by atoms with Gasteiger partial charge in [-0.2, -0.15) is 0 Å². The van der Waals surface area contributed by atoms with Crippen molar-refractivity contribution >= 4 is 26.7 Å². The van der Waals surface area contributed by atoms with Crippen molar-refractivity contribution in [2.45, 2.75) is 0 Å². The number of para-hydroxylation sites is 1. The van der Waals surface area contributed by atoms with Gasteiger partial charge in [0.1, 0.15) is 0 Å². The minimum Gasteiger partial charge on any atom is -0.368 e. The van der Waals surface area contributed by atoms with E-state index in [2.05, 4.69) is 14.5 Å². The molecular weight excluding hydrogens is 152 g/mol. The normalized spacial score (nSPS) is 9.11. The van der Waals surface area contributed by atoms with Crippen LogP contribution in [0, 0.1) is 0 Å². The van der Waals surface area contributed by atoms with E-state index in [4.69, 9.17) is 11.6 Å². The number of nitrogens with one attached hydrogen (secondary N) is 1. The van der Waals surface area contributed by atoms with Crippen molar-refractivity contribution < 1.29 is 0 Å². The van der Waals surface area contributed by atoms with Crippen molar-refractivity contribution in [2.75, 3.05) is 5.09 Å². The molecular formula is C6H7ClNP. The third-order valence-electron chi connectivity index (χ3n) is 1.03. The lowest BCUT2D eigenvalue weighted by atomic mass is 10.3. The summed E-state index contributed by atoms with van der Waals surface area (Å²) in [6, 6.07) is 7.58. The molecule has 0 heterocycles. The van der Waals surface area contributed by atoms with Crippen LogP contribution in [0.15, 0.2) is 24.3 Å². The van der Waals surface area contributed by atoms with Crippen LogP contribution in [0.2, 0.25) is 5.02 Å². The fourth-order valence-corrected chi connectivity index (χ4v) is 1.11. The van der Waals surface area contributed by atoms with Crippen LogP contribution in [0.3, 0.4) is 0 Å². The predicted octanol–water partition coefficient (Wildman–Crippen LogP) is 2.54. The molecule has 0 bridgehead atoms. The molecule has 0 amide bonds. The van der Waals surface area contributed by atoms with Gasteiger partial charge in [-0.3, -0.25) is 0 Å². The van der Waals surface area contributed by atoms with Crippen molar-refractivity contribution in [3.63, 3.8) is 0 Å². The quantitative estimate of drug-likeness (QED) is 0.621. The van der Waals surface area contributed by atoms with Crippen LogP contribution in [0.4, 0.5) is 5.69 Å². The van der Waals surface area contributed by atoms with E-state index in [0.29, 0.717) is 0 Å². The number of benzene rings is 1. The van der Waals surface area contributed by atoms with Crippen LogP contribution in [-0.2, 0) is 0 Å². The molecule has 1 nitrogen and oxygen atoms in total. The van der Waals surface area contributed by atoms with Crippen LogP contribution in [0.25, 0.3) is 0 Å². The molecule has 0 radical (unpaired) electrons. The molecule has 1 unspecified atom stereocenters. The zero-order valence-corrected chi connectivity index (χ0v) is 6.68. The molecule has 0 aromatic heterocycles. The maximum absolute atomic E-state index is 5.75. The lowest BCUT2D eigenvalue weighted by Gasteiger charge is -1.99. The smallest absolute Gasteiger partial charge is 0.0639 e. The summed E-state index contributed by atoms with van der Waals surface area (Å²) >= 11 is 5.75. The Kier molecular flexibility index (Phi) is 2.32. The highest BCUT2D eigenvalue weighted by Crippen LogP contribution is 2.20. The summed E-state index contributed by atoms with van der Waals surface area (Å²) in [6.07, 6.45) is 0. The molecule has 1 atom stereocenters. The average molecular weight is 160 g/mol. The summed E-state index contributed by atoms with van der Waals surface area (Å²) < 4.78 is 0. The molecule has 0 saturated heterocycles. The Morgan fingerprint density at radius 1 is 1.33 bits per heavy atom. The molecule has 1 rings (SSSR count). The molecule has 0 aliphatic heterocycles. The van der Waals surface area contributed by atoms with Gasteiger partial charge in [0.05, 0.1) is 10.7 Å². The van der Waals surface area contributed by atoms with E-state index in [0.717, 1.165) is 10.7 Å². The number of hydrogen-bond donors (Lipinski definition) is 1. The largest absolute Gasteiger partial charge is 0.368 e. The maximum Gasteiger partial charge on any atom is 0.0639 e. The van der Waals surface area contributed by atoms with Gasteiger partial charge in [0.2, 0.25) is 0 Å². The Morgan fingerprint density at radius 3 is 2.44 bits per heavy atom.